The van der Waals surface area contributed by atoms with Gasteiger partial charge in [0.15, 0.2) is 0 Å². The third-order valence-corrected chi connectivity index (χ3v) is 5.42. The van der Waals surface area contributed by atoms with E-state index in [-0.39, 0.29) is 18.0 Å². The monoisotopic (exact) mass is 511 g/mol. The highest BCUT2D eigenvalue weighted by Crippen LogP contribution is 2.23. The first kappa shape index (κ1) is 24.3. The van der Waals surface area contributed by atoms with E-state index in [2.05, 4.69) is 26.5 Å². The molecule has 0 saturated heterocycles. The quantitative estimate of drug-likeness (QED) is 0.268. The van der Waals surface area contributed by atoms with Crippen LogP contribution in [0.15, 0.2) is 58.1 Å². The first-order chi connectivity index (χ1) is 15.7. The van der Waals surface area contributed by atoms with Crippen LogP contribution >= 0.6 is 15.9 Å². The second-order valence-electron chi connectivity index (χ2n) is 7.71. The molecule has 33 heavy (non-hydrogen) atoms. The topological polar surface area (TPSA) is 81.9 Å². The molecule has 3 rings (SSSR count). The second kappa shape index (κ2) is 10.5. The number of ether oxygens (including phenoxy) is 2. The van der Waals surface area contributed by atoms with Crippen molar-refractivity contribution in [2.75, 3.05) is 7.11 Å². The molecule has 1 N–H and O–H groups in total. The number of hydrazone groups is 1. The molecule has 0 radical (unpaired) electrons. The van der Waals surface area contributed by atoms with Crippen LogP contribution in [0.2, 0.25) is 0 Å². The smallest absolute Gasteiger partial charge is 0.338 e. The number of nitrogens with one attached hydrogen (secondary N) is 1. The van der Waals surface area contributed by atoms with E-state index >= 15 is 0 Å². The Kier molecular flexibility index (Phi) is 7.71. The number of aromatic nitrogens is 1. The molecule has 0 unspecified atom stereocenters. The van der Waals surface area contributed by atoms with E-state index in [9.17, 15) is 9.59 Å². The van der Waals surface area contributed by atoms with Crippen molar-refractivity contribution in [1.29, 1.82) is 0 Å². The van der Waals surface area contributed by atoms with E-state index in [4.69, 9.17) is 9.47 Å². The molecule has 1 amide bonds. The van der Waals surface area contributed by atoms with E-state index in [0.717, 1.165) is 27.1 Å². The number of hydrogen-bond donors (Lipinski definition) is 1. The standard InChI is InChI=1S/C25H26BrN3O4/c1-15(2)33-25(31)18-7-6-8-21(12-18)29-16(3)11-19(17(29)4)14-27-28-24(30)22-13-20(26)9-10-23(22)32-5/h6-15H,1-5H3,(H,28,30)/b27-14-. The fraction of sp³-hybridized carbons (Fsp3) is 0.240. The molecule has 0 saturated carbocycles. The van der Waals surface area contributed by atoms with Gasteiger partial charge in [-0.05, 0) is 70.2 Å². The van der Waals surface area contributed by atoms with Gasteiger partial charge >= 0.3 is 5.97 Å². The number of halogens is 1. The predicted molar refractivity (Wildman–Crippen MR) is 132 cm³/mol. The van der Waals surface area contributed by atoms with Gasteiger partial charge in [0, 0.05) is 27.1 Å². The lowest BCUT2D eigenvalue weighted by molar-refractivity contribution is 0.0377. The van der Waals surface area contributed by atoms with Crippen molar-refractivity contribution in [1.82, 2.24) is 9.99 Å². The van der Waals surface area contributed by atoms with Crippen LogP contribution < -0.4 is 10.2 Å². The largest absolute Gasteiger partial charge is 0.496 e. The minimum atomic E-state index is -0.380. The molecule has 172 valence electrons. The lowest BCUT2D eigenvalue weighted by Crippen LogP contribution is -2.18. The zero-order chi connectivity index (χ0) is 24.1. The summed E-state index contributed by atoms with van der Waals surface area (Å²) in [5.74, 6) is -0.281. The number of methoxy groups -OCH3 is 1. The Balaban J connectivity index is 1.82. The molecule has 1 heterocycles. The first-order valence-corrected chi connectivity index (χ1v) is 11.2. The van der Waals surface area contributed by atoms with Gasteiger partial charge in [-0.1, -0.05) is 22.0 Å². The van der Waals surface area contributed by atoms with Gasteiger partial charge in [0.1, 0.15) is 5.75 Å². The van der Waals surface area contributed by atoms with Gasteiger partial charge in [0.05, 0.1) is 30.6 Å². The van der Waals surface area contributed by atoms with Crippen molar-refractivity contribution in [3.8, 4) is 11.4 Å². The molecule has 0 aliphatic rings. The molecule has 2 aromatic carbocycles. The van der Waals surface area contributed by atoms with Crippen LogP contribution in [0.1, 0.15) is 51.5 Å². The lowest BCUT2D eigenvalue weighted by Gasteiger charge is -2.12. The Labute approximate surface area is 201 Å². The number of carbonyl (C=O) groups is 2. The number of amides is 1. The van der Waals surface area contributed by atoms with Crippen molar-refractivity contribution < 1.29 is 19.1 Å². The van der Waals surface area contributed by atoms with Gasteiger partial charge in [-0.25, -0.2) is 10.2 Å². The normalized spacial score (nSPS) is 11.1. The molecule has 0 aliphatic carbocycles. The zero-order valence-electron chi connectivity index (χ0n) is 19.2. The first-order valence-electron chi connectivity index (χ1n) is 10.4. The number of carbonyl (C=O) groups excluding carboxylic acids is 2. The highest BCUT2D eigenvalue weighted by atomic mass is 79.9. The molecule has 0 spiro atoms. The Morgan fingerprint density at radius 3 is 2.58 bits per heavy atom. The maximum Gasteiger partial charge on any atom is 0.338 e. The summed E-state index contributed by atoms with van der Waals surface area (Å²) in [7, 11) is 1.51. The molecule has 0 bridgehead atoms. The van der Waals surface area contributed by atoms with Gasteiger partial charge in [0.2, 0.25) is 0 Å². The molecule has 7 nitrogen and oxygen atoms in total. The fourth-order valence-electron chi connectivity index (χ4n) is 3.45. The van der Waals surface area contributed by atoms with E-state index in [1.165, 1.54) is 7.11 Å². The Morgan fingerprint density at radius 1 is 1.12 bits per heavy atom. The van der Waals surface area contributed by atoms with Crippen molar-refractivity contribution in [3.63, 3.8) is 0 Å². The second-order valence-corrected chi connectivity index (χ2v) is 8.63. The van der Waals surface area contributed by atoms with Crippen LogP contribution in [0.3, 0.4) is 0 Å². The van der Waals surface area contributed by atoms with Gasteiger partial charge in [-0.15, -0.1) is 0 Å². The Bertz CT molecular complexity index is 1210. The average Bonchev–Trinajstić information content (AvgIpc) is 3.06. The summed E-state index contributed by atoms with van der Waals surface area (Å²) in [5, 5.41) is 4.13. The minimum Gasteiger partial charge on any atom is -0.496 e. The fourth-order valence-corrected chi connectivity index (χ4v) is 3.81. The Hall–Kier alpha value is -3.39. The van der Waals surface area contributed by atoms with Gasteiger partial charge in [-0.3, -0.25) is 4.79 Å². The predicted octanol–water partition coefficient (Wildman–Crippen LogP) is 5.19. The molecular formula is C25H26BrN3O4. The van der Waals surface area contributed by atoms with E-state index in [0.29, 0.717) is 16.9 Å². The molecule has 8 heteroatoms. The van der Waals surface area contributed by atoms with Crippen LogP contribution in [-0.4, -0.2) is 35.9 Å². The molecule has 0 fully saturated rings. The van der Waals surface area contributed by atoms with Gasteiger partial charge in [0.25, 0.3) is 5.91 Å². The van der Waals surface area contributed by atoms with Crippen LogP contribution in [-0.2, 0) is 4.74 Å². The van der Waals surface area contributed by atoms with Crippen LogP contribution in [0.4, 0.5) is 0 Å². The third-order valence-electron chi connectivity index (χ3n) is 4.93. The van der Waals surface area contributed by atoms with E-state index < -0.39 is 0 Å². The molecule has 0 aliphatic heterocycles. The summed E-state index contributed by atoms with van der Waals surface area (Å²) in [5.41, 5.74) is 6.96. The number of aryl methyl sites for hydroxylation is 1. The van der Waals surface area contributed by atoms with Gasteiger partial charge in [-0.2, -0.15) is 5.10 Å². The summed E-state index contributed by atoms with van der Waals surface area (Å²) < 4.78 is 13.3. The number of benzene rings is 2. The summed E-state index contributed by atoms with van der Waals surface area (Å²) >= 11 is 3.36. The van der Waals surface area contributed by atoms with E-state index in [1.807, 2.05) is 50.5 Å². The van der Waals surface area contributed by atoms with Gasteiger partial charge < -0.3 is 14.0 Å². The highest BCUT2D eigenvalue weighted by Gasteiger charge is 2.15. The number of rotatable bonds is 7. The number of esters is 1. The highest BCUT2D eigenvalue weighted by molar-refractivity contribution is 9.10. The summed E-state index contributed by atoms with van der Waals surface area (Å²) in [6.45, 7) is 7.55. The summed E-state index contributed by atoms with van der Waals surface area (Å²) in [4.78, 5) is 24.8. The van der Waals surface area contributed by atoms with Crippen molar-refractivity contribution >= 4 is 34.0 Å². The van der Waals surface area contributed by atoms with E-state index in [1.54, 1.807) is 36.5 Å². The summed E-state index contributed by atoms with van der Waals surface area (Å²) in [6.07, 6.45) is 1.41. The van der Waals surface area contributed by atoms with Crippen molar-refractivity contribution in [2.24, 2.45) is 5.10 Å². The molecule has 3 aromatic rings. The maximum absolute atomic E-state index is 12.5. The third kappa shape index (κ3) is 5.70. The van der Waals surface area contributed by atoms with Crippen LogP contribution in [0, 0.1) is 13.8 Å². The molecular weight excluding hydrogens is 486 g/mol. The molecule has 0 atom stereocenters. The minimum absolute atomic E-state index is 0.189. The van der Waals surface area contributed by atoms with Crippen LogP contribution in [0.25, 0.3) is 5.69 Å². The zero-order valence-corrected chi connectivity index (χ0v) is 20.8. The molecule has 1 aromatic heterocycles. The van der Waals surface area contributed by atoms with Crippen molar-refractivity contribution in [3.05, 3.63) is 81.1 Å². The number of hydrogen-bond acceptors (Lipinski definition) is 5. The Morgan fingerprint density at radius 2 is 1.88 bits per heavy atom. The van der Waals surface area contributed by atoms with Crippen LogP contribution in [0.5, 0.6) is 5.75 Å². The maximum atomic E-state index is 12.5. The summed E-state index contributed by atoms with van der Waals surface area (Å²) in [6, 6.07) is 14.4. The average molecular weight is 512 g/mol. The number of nitrogens with zero attached hydrogens (tertiary/aromatic N) is 2. The SMILES string of the molecule is COc1ccc(Br)cc1C(=O)N/N=C\c1cc(C)n(-c2cccc(C(=O)OC(C)C)c2)c1C. The van der Waals surface area contributed by atoms with Crippen molar-refractivity contribution in [2.45, 2.75) is 33.8 Å². The lowest BCUT2D eigenvalue weighted by atomic mass is 10.2.